The van der Waals surface area contributed by atoms with Crippen molar-refractivity contribution < 1.29 is 40.0 Å². The van der Waals surface area contributed by atoms with Crippen LogP contribution in [0.1, 0.15) is 42.8 Å². The number of para-hydroxylation sites is 1. The van der Waals surface area contributed by atoms with E-state index in [1.54, 1.807) is 0 Å². The molecule has 0 amide bonds. The van der Waals surface area contributed by atoms with Crippen molar-refractivity contribution in [2.75, 3.05) is 13.2 Å². The monoisotopic (exact) mass is 501 g/mol. The number of pyridine rings is 1. The van der Waals surface area contributed by atoms with Gasteiger partial charge in [0.25, 0.3) is 10.1 Å². The molecule has 0 fully saturated rings. The van der Waals surface area contributed by atoms with E-state index in [4.69, 9.17) is 18.4 Å². The lowest BCUT2D eigenvalue weighted by Crippen LogP contribution is -2.13. The van der Waals surface area contributed by atoms with Crippen LogP contribution in [0.2, 0.25) is 0 Å². The average molecular weight is 501 g/mol. The topological polar surface area (TPSA) is 116 Å². The normalized spacial score (nSPS) is 13.1. The summed E-state index contributed by atoms with van der Waals surface area (Å²) < 4.78 is 86.9. The largest absolute Gasteiger partial charge is 0.493 e. The van der Waals surface area contributed by atoms with Gasteiger partial charge >= 0.3 is 6.18 Å². The van der Waals surface area contributed by atoms with Crippen LogP contribution in [0.3, 0.4) is 0 Å². The maximum Gasteiger partial charge on any atom is 0.418 e. The third-order valence-electron chi connectivity index (χ3n) is 5.01. The third-order valence-corrected chi connectivity index (χ3v) is 6.13. The zero-order valence-electron chi connectivity index (χ0n) is 18.0. The lowest BCUT2D eigenvalue weighted by atomic mass is 10.1. The first-order chi connectivity index (χ1) is 16.0. The number of ether oxygens (including phenoxy) is 2. The summed E-state index contributed by atoms with van der Waals surface area (Å²) in [6, 6.07) is 6.27. The number of aromatic nitrogens is 1. The molecule has 0 aliphatic rings. The number of fused-ring (bicyclic) bond motifs is 1. The van der Waals surface area contributed by atoms with Crippen LogP contribution in [-0.4, -0.2) is 31.2 Å². The molecule has 3 rings (SSSR count). The molecule has 0 radical (unpaired) electrons. The summed E-state index contributed by atoms with van der Waals surface area (Å²) in [5.41, 5.74) is -1.57. The van der Waals surface area contributed by atoms with Gasteiger partial charge in [-0.05, 0) is 44.4 Å². The molecule has 2 heterocycles. The number of rotatable bonds is 10. The Morgan fingerprint density at radius 3 is 2.38 bits per heavy atom. The van der Waals surface area contributed by atoms with E-state index in [0.717, 1.165) is 18.4 Å². The zero-order chi connectivity index (χ0) is 24.9. The van der Waals surface area contributed by atoms with Gasteiger partial charge in [0.1, 0.15) is 23.0 Å². The Hall–Kier alpha value is -3.12. The number of unbranched alkanes of at least 4 members (excludes halogenated alkanes) is 2. The summed E-state index contributed by atoms with van der Waals surface area (Å²) >= 11 is 0. The van der Waals surface area contributed by atoms with E-state index in [2.05, 4.69) is 4.98 Å². The molecule has 0 saturated heterocycles. The number of benzene rings is 1. The second-order valence-corrected chi connectivity index (χ2v) is 9.17. The Balaban J connectivity index is 1.47. The minimum atomic E-state index is -4.52. The van der Waals surface area contributed by atoms with E-state index in [-0.39, 0.29) is 35.6 Å². The maximum absolute atomic E-state index is 13.2. The predicted molar refractivity (Wildman–Crippen MR) is 117 cm³/mol. The Morgan fingerprint density at radius 2 is 1.76 bits per heavy atom. The van der Waals surface area contributed by atoms with Crippen LogP contribution in [0.5, 0.6) is 11.5 Å². The fourth-order valence-electron chi connectivity index (χ4n) is 3.13. The van der Waals surface area contributed by atoms with Crippen molar-refractivity contribution >= 4 is 21.0 Å². The maximum atomic E-state index is 13.2. The Bertz CT molecular complexity index is 1310. The van der Waals surface area contributed by atoms with Gasteiger partial charge in [0.15, 0.2) is 0 Å². The minimum absolute atomic E-state index is 0.0914. The molecule has 0 spiro atoms. The van der Waals surface area contributed by atoms with E-state index in [0.29, 0.717) is 25.0 Å². The number of alkyl halides is 3. The van der Waals surface area contributed by atoms with Crippen molar-refractivity contribution in [2.24, 2.45) is 0 Å². The molecule has 0 bridgehead atoms. The summed E-state index contributed by atoms with van der Waals surface area (Å²) in [5.74, 6) is 0.0124. The van der Waals surface area contributed by atoms with Gasteiger partial charge in [-0.15, -0.1) is 0 Å². The first kappa shape index (κ1) is 25.5. The van der Waals surface area contributed by atoms with E-state index >= 15 is 0 Å². The van der Waals surface area contributed by atoms with E-state index < -0.39 is 32.5 Å². The van der Waals surface area contributed by atoms with E-state index in [9.17, 15) is 26.4 Å². The molecule has 0 aliphatic carbocycles. The lowest BCUT2D eigenvalue weighted by Gasteiger charge is -2.13. The molecular formula is C22H22F3NO7S. The molecule has 3 aromatic rings. The zero-order valence-corrected chi connectivity index (χ0v) is 18.9. The van der Waals surface area contributed by atoms with Crippen LogP contribution in [0.15, 0.2) is 52.0 Å². The third kappa shape index (κ3) is 6.26. The highest BCUT2D eigenvalue weighted by Gasteiger charge is 2.33. The van der Waals surface area contributed by atoms with Crippen molar-refractivity contribution in [3.63, 3.8) is 0 Å². The number of halogens is 3. The first-order valence-electron chi connectivity index (χ1n) is 10.3. The predicted octanol–water partition coefficient (Wildman–Crippen LogP) is 4.78. The van der Waals surface area contributed by atoms with E-state index in [1.807, 2.05) is 0 Å². The molecule has 184 valence electrons. The molecule has 1 unspecified atom stereocenters. The molecule has 0 aliphatic heterocycles. The Kier molecular flexibility index (Phi) is 7.82. The standard InChI is InChI=1S/C22H22F3NO7S/c1-14(34(28,29)30)19-12-17(27)20(13-33-19)32-11-4-2-3-10-31-18-8-9-26-21-15(18)6-5-7-16(21)22(23,24)25/h5-9,12-14H,2-4,10-11H2,1H3,(H,28,29,30). The highest BCUT2D eigenvalue weighted by molar-refractivity contribution is 7.86. The van der Waals surface area contributed by atoms with Gasteiger partial charge in [-0.2, -0.15) is 21.6 Å². The van der Waals surface area contributed by atoms with Gasteiger partial charge in [-0.1, -0.05) is 6.07 Å². The van der Waals surface area contributed by atoms with Crippen molar-refractivity contribution in [2.45, 2.75) is 37.6 Å². The van der Waals surface area contributed by atoms with Crippen molar-refractivity contribution in [3.8, 4) is 11.5 Å². The van der Waals surface area contributed by atoms with Gasteiger partial charge < -0.3 is 13.9 Å². The van der Waals surface area contributed by atoms with Gasteiger partial charge in [0, 0.05) is 17.6 Å². The summed E-state index contributed by atoms with van der Waals surface area (Å²) in [6.45, 7) is 1.63. The van der Waals surface area contributed by atoms with Gasteiger partial charge in [0.2, 0.25) is 11.2 Å². The van der Waals surface area contributed by atoms with Crippen molar-refractivity contribution in [1.82, 2.24) is 4.98 Å². The second kappa shape index (κ2) is 10.4. The van der Waals surface area contributed by atoms with Gasteiger partial charge in [-0.3, -0.25) is 14.3 Å². The van der Waals surface area contributed by atoms with Gasteiger partial charge in [0.05, 0.1) is 24.3 Å². The highest BCUT2D eigenvalue weighted by Crippen LogP contribution is 2.36. The average Bonchev–Trinajstić information content (AvgIpc) is 2.77. The van der Waals surface area contributed by atoms with Crippen LogP contribution in [0.4, 0.5) is 13.2 Å². The molecule has 2 aromatic heterocycles. The van der Waals surface area contributed by atoms with E-state index in [1.165, 1.54) is 31.3 Å². The molecule has 34 heavy (non-hydrogen) atoms. The Morgan fingerprint density at radius 1 is 1.09 bits per heavy atom. The molecule has 1 aromatic carbocycles. The summed E-state index contributed by atoms with van der Waals surface area (Å²) in [4.78, 5) is 15.9. The summed E-state index contributed by atoms with van der Waals surface area (Å²) in [5, 5.41) is -1.11. The Labute approximate surface area is 193 Å². The molecular weight excluding hydrogens is 479 g/mol. The fourth-order valence-corrected chi connectivity index (χ4v) is 3.55. The minimum Gasteiger partial charge on any atom is -0.493 e. The number of hydrogen-bond acceptors (Lipinski definition) is 7. The SMILES string of the molecule is CC(c1cc(=O)c(OCCCCCOc2ccnc3c(C(F)(F)F)cccc23)co1)S(=O)(=O)O. The first-order valence-corrected chi connectivity index (χ1v) is 11.8. The quantitative estimate of drug-likeness (QED) is 0.312. The second-order valence-electron chi connectivity index (χ2n) is 7.43. The fraction of sp³-hybridized carbons (Fsp3) is 0.364. The summed E-state index contributed by atoms with van der Waals surface area (Å²) in [7, 11) is -4.40. The number of hydrogen-bond donors (Lipinski definition) is 1. The molecule has 0 saturated carbocycles. The molecule has 12 heteroatoms. The van der Waals surface area contributed by atoms with Gasteiger partial charge in [-0.25, -0.2) is 0 Å². The smallest absolute Gasteiger partial charge is 0.418 e. The number of nitrogens with zero attached hydrogens (tertiary/aromatic N) is 1. The molecule has 1 atom stereocenters. The molecule has 1 N–H and O–H groups in total. The van der Waals surface area contributed by atoms with Crippen molar-refractivity contribution in [1.29, 1.82) is 0 Å². The lowest BCUT2D eigenvalue weighted by molar-refractivity contribution is -0.136. The van der Waals surface area contributed by atoms with Crippen LogP contribution in [0.25, 0.3) is 10.9 Å². The van der Waals surface area contributed by atoms with Crippen molar-refractivity contribution in [3.05, 3.63) is 64.3 Å². The molecule has 8 nitrogen and oxygen atoms in total. The summed E-state index contributed by atoms with van der Waals surface area (Å²) in [6.07, 6.45) is -0.454. The highest BCUT2D eigenvalue weighted by atomic mass is 32.2. The van der Waals surface area contributed by atoms with Crippen LogP contribution in [0, 0.1) is 0 Å². The van der Waals surface area contributed by atoms with Crippen LogP contribution in [-0.2, 0) is 16.3 Å². The van der Waals surface area contributed by atoms with Crippen LogP contribution >= 0.6 is 0 Å². The van der Waals surface area contributed by atoms with Crippen LogP contribution < -0.4 is 14.9 Å².